The molecule has 5 heteroatoms. The van der Waals surface area contributed by atoms with Crippen LogP contribution in [0.5, 0.6) is 0 Å². The van der Waals surface area contributed by atoms with Gasteiger partial charge >= 0.3 is 0 Å². The predicted molar refractivity (Wildman–Crippen MR) is 78.9 cm³/mol. The van der Waals surface area contributed by atoms with E-state index in [0.717, 1.165) is 11.3 Å². The van der Waals surface area contributed by atoms with Gasteiger partial charge in [-0.25, -0.2) is 0 Å². The maximum absolute atomic E-state index is 5.94. The van der Waals surface area contributed by atoms with Gasteiger partial charge < -0.3 is 5.32 Å². The molecule has 2 aromatic carbocycles. The molecule has 0 heterocycles. The molecule has 0 aliphatic carbocycles. The number of benzene rings is 2. The SMILES string of the molecule is Cl/N=C(/Nc1ccc(Cl)c(Cl)c1)c1ccccc1. The highest BCUT2D eigenvalue weighted by atomic mass is 35.5. The van der Waals surface area contributed by atoms with E-state index in [0.29, 0.717) is 15.9 Å². The zero-order valence-electron chi connectivity index (χ0n) is 9.20. The van der Waals surface area contributed by atoms with Crippen molar-refractivity contribution in [3.05, 3.63) is 64.1 Å². The fourth-order valence-electron chi connectivity index (χ4n) is 1.45. The van der Waals surface area contributed by atoms with E-state index in [-0.39, 0.29) is 0 Å². The van der Waals surface area contributed by atoms with Crippen molar-refractivity contribution in [2.45, 2.75) is 0 Å². The molecule has 1 N–H and O–H groups in total. The standard InChI is InChI=1S/C13H9Cl3N2/c14-11-7-6-10(8-12(11)15)17-13(18-16)9-4-2-1-3-5-9/h1-8H,(H,17,18). The summed E-state index contributed by atoms with van der Waals surface area (Å²) in [5.74, 6) is 0.552. The third kappa shape index (κ3) is 3.16. The van der Waals surface area contributed by atoms with Crippen molar-refractivity contribution in [1.29, 1.82) is 0 Å². The first-order valence-electron chi connectivity index (χ1n) is 5.17. The lowest BCUT2D eigenvalue weighted by atomic mass is 10.2. The lowest BCUT2D eigenvalue weighted by Crippen LogP contribution is -2.12. The number of nitrogens with one attached hydrogen (secondary N) is 1. The second kappa shape index (κ2) is 6.10. The predicted octanol–water partition coefficient (Wildman–Crippen LogP) is 5.01. The maximum Gasteiger partial charge on any atom is 0.152 e. The summed E-state index contributed by atoms with van der Waals surface area (Å²) in [6.07, 6.45) is 0. The van der Waals surface area contributed by atoms with Crippen LogP contribution in [-0.4, -0.2) is 5.84 Å². The molecule has 2 rings (SSSR count). The number of anilines is 1. The average Bonchev–Trinajstić information content (AvgIpc) is 2.41. The molecular weight excluding hydrogens is 291 g/mol. The van der Waals surface area contributed by atoms with Crippen molar-refractivity contribution in [3.8, 4) is 0 Å². The Morgan fingerprint density at radius 2 is 1.67 bits per heavy atom. The van der Waals surface area contributed by atoms with Crippen molar-refractivity contribution in [2.75, 3.05) is 5.32 Å². The van der Waals surface area contributed by atoms with Gasteiger partial charge in [-0.1, -0.05) is 53.5 Å². The smallest absolute Gasteiger partial charge is 0.152 e. The molecule has 0 unspecified atom stereocenters. The summed E-state index contributed by atoms with van der Waals surface area (Å²) in [4.78, 5) is 0. The van der Waals surface area contributed by atoms with Gasteiger partial charge in [0.1, 0.15) is 0 Å². The molecule has 0 fully saturated rings. The summed E-state index contributed by atoms with van der Waals surface area (Å²) in [5.41, 5.74) is 1.66. The number of hydrogen-bond acceptors (Lipinski definition) is 1. The Hall–Kier alpha value is -1.22. The van der Waals surface area contributed by atoms with Gasteiger partial charge in [-0.15, -0.1) is 0 Å². The van der Waals surface area contributed by atoms with E-state index in [4.69, 9.17) is 35.0 Å². The first-order valence-corrected chi connectivity index (χ1v) is 6.26. The minimum atomic E-state index is 0.476. The minimum absolute atomic E-state index is 0.476. The molecule has 0 saturated carbocycles. The zero-order chi connectivity index (χ0) is 13.0. The number of rotatable bonds is 2. The Balaban J connectivity index is 2.24. The first kappa shape index (κ1) is 13.2. The number of hydrogen-bond donors (Lipinski definition) is 1. The van der Waals surface area contributed by atoms with Crippen molar-refractivity contribution in [3.63, 3.8) is 0 Å². The van der Waals surface area contributed by atoms with Crippen molar-refractivity contribution >= 4 is 46.5 Å². The van der Waals surface area contributed by atoms with E-state index >= 15 is 0 Å². The van der Waals surface area contributed by atoms with Gasteiger partial charge in [-0.2, -0.15) is 4.51 Å². The molecule has 0 saturated heterocycles. The van der Waals surface area contributed by atoms with Gasteiger partial charge in [0.2, 0.25) is 0 Å². The van der Waals surface area contributed by atoms with Crippen LogP contribution < -0.4 is 5.32 Å². The molecule has 0 aliphatic heterocycles. The van der Waals surface area contributed by atoms with Crippen LogP contribution in [-0.2, 0) is 0 Å². The van der Waals surface area contributed by atoms with Gasteiger partial charge in [0.05, 0.1) is 10.0 Å². The van der Waals surface area contributed by atoms with Gasteiger partial charge in [0.25, 0.3) is 0 Å². The van der Waals surface area contributed by atoms with Crippen LogP contribution in [0.4, 0.5) is 5.69 Å². The Kier molecular flexibility index (Phi) is 4.48. The summed E-state index contributed by atoms with van der Waals surface area (Å²) >= 11 is 17.4. The molecule has 0 bridgehead atoms. The normalized spacial score (nSPS) is 11.4. The number of nitrogens with zero attached hydrogens (tertiary/aromatic N) is 1. The Bertz CT molecular complexity index is 568. The quantitative estimate of drug-likeness (QED) is 0.612. The Labute approximate surface area is 120 Å². The highest BCUT2D eigenvalue weighted by molar-refractivity contribution is 6.42. The summed E-state index contributed by atoms with van der Waals surface area (Å²) in [6.45, 7) is 0. The molecule has 0 spiro atoms. The number of halogens is 3. The number of amidine groups is 1. The molecule has 2 nitrogen and oxygen atoms in total. The molecule has 0 radical (unpaired) electrons. The van der Waals surface area contributed by atoms with Crippen molar-refractivity contribution in [1.82, 2.24) is 0 Å². The summed E-state index contributed by atoms with van der Waals surface area (Å²) in [6, 6.07) is 14.8. The van der Waals surface area contributed by atoms with Crippen LogP contribution in [0, 0.1) is 0 Å². The van der Waals surface area contributed by atoms with E-state index in [9.17, 15) is 0 Å². The van der Waals surface area contributed by atoms with Crippen LogP contribution in [0.3, 0.4) is 0 Å². The molecular formula is C13H9Cl3N2. The van der Waals surface area contributed by atoms with Gasteiger partial charge in [-0.05, 0) is 18.2 Å². The Morgan fingerprint density at radius 1 is 0.944 bits per heavy atom. The van der Waals surface area contributed by atoms with Crippen molar-refractivity contribution < 1.29 is 0 Å². The van der Waals surface area contributed by atoms with Crippen LogP contribution in [0.25, 0.3) is 0 Å². The van der Waals surface area contributed by atoms with Gasteiger partial charge in [0, 0.05) is 23.0 Å². The zero-order valence-corrected chi connectivity index (χ0v) is 11.5. The molecule has 0 aliphatic rings. The highest BCUT2D eigenvalue weighted by Crippen LogP contribution is 2.25. The fraction of sp³-hybridized carbons (Fsp3) is 0. The summed E-state index contributed by atoms with van der Waals surface area (Å²) in [7, 11) is 0. The van der Waals surface area contributed by atoms with E-state index in [1.165, 1.54) is 0 Å². The second-order valence-electron chi connectivity index (χ2n) is 3.55. The third-order valence-corrected chi connectivity index (χ3v) is 3.22. The summed E-state index contributed by atoms with van der Waals surface area (Å²) in [5, 5.41) is 4.07. The van der Waals surface area contributed by atoms with E-state index in [2.05, 4.69) is 9.83 Å². The van der Waals surface area contributed by atoms with Gasteiger partial charge in [-0.3, -0.25) is 0 Å². The molecule has 92 valence electrons. The van der Waals surface area contributed by atoms with Crippen LogP contribution in [0.2, 0.25) is 10.0 Å². The van der Waals surface area contributed by atoms with Crippen LogP contribution >= 0.6 is 35.0 Å². The van der Waals surface area contributed by atoms with Gasteiger partial charge in [0.15, 0.2) is 5.84 Å². The van der Waals surface area contributed by atoms with Crippen molar-refractivity contribution in [2.24, 2.45) is 4.51 Å². The lowest BCUT2D eigenvalue weighted by molar-refractivity contribution is 1.56. The summed E-state index contributed by atoms with van der Waals surface area (Å²) < 4.78 is 3.71. The average molecular weight is 300 g/mol. The van der Waals surface area contributed by atoms with Crippen LogP contribution in [0.1, 0.15) is 5.56 Å². The van der Waals surface area contributed by atoms with E-state index in [1.54, 1.807) is 18.2 Å². The lowest BCUT2D eigenvalue weighted by Gasteiger charge is -2.09. The van der Waals surface area contributed by atoms with Crippen LogP contribution in [0.15, 0.2) is 53.0 Å². The molecule has 0 amide bonds. The fourth-order valence-corrected chi connectivity index (χ4v) is 1.89. The molecule has 0 aromatic heterocycles. The molecule has 18 heavy (non-hydrogen) atoms. The largest absolute Gasteiger partial charge is 0.339 e. The Morgan fingerprint density at radius 3 is 2.28 bits per heavy atom. The molecule has 2 aromatic rings. The third-order valence-electron chi connectivity index (χ3n) is 2.31. The monoisotopic (exact) mass is 298 g/mol. The van der Waals surface area contributed by atoms with E-state index < -0.39 is 0 Å². The van der Waals surface area contributed by atoms with E-state index in [1.807, 2.05) is 30.3 Å². The molecule has 0 atom stereocenters. The second-order valence-corrected chi connectivity index (χ2v) is 4.54. The first-order chi connectivity index (χ1) is 8.70. The highest BCUT2D eigenvalue weighted by Gasteiger charge is 2.05. The maximum atomic E-state index is 5.94. The minimum Gasteiger partial charge on any atom is -0.339 e. The topological polar surface area (TPSA) is 24.4 Å².